The van der Waals surface area contributed by atoms with Crippen LogP contribution in [0.3, 0.4) is 0 Å². The molecule has 2 N–H and O–H groups in total. The van der Waals surface area contributed by atoms with Crippen LogP contribution in [0.4, 0.5) is 4.79 Å². The molecular formula is C26H32N4O3. The summed E-state index contributed by atoms with van der Waals surface area (Å²) < 4.78 is 5.43. The summed E-state index contributed by atoms with van der Waals surface area (Å²) in [4.78, 5) is 33.0. The number of H-pyrrole nitrogens is 1. The molecule has 0 atom stereocenters. The van der Waals surface area contributed by atoms with Crippen molar-refractivity contribution in [3.63, 3.8) is 0 Å². The van der Waals surface area contributed by atoms with Crippen LogP contribution in [0, 0.1) is 13.8 Å². The SMILES string of the molecule is Cc1cc(C)c2cc(CN(CCN3CCOCC3)C(=O)NCc3ccccc3)c(=O)[nH]c2c1. The van der Waals surface area contributed by atoms with Gasteiger partial charge in [0.2, 0.25) is 0 Å². The van der Waals surface area contributed by atoms with Gasteiger partial charge in [0.15, 0.2) is 0 Å². The summed E-state index contributed by atoms with van der Waals surface area (Å²) >= 11 is 0. The van der Waals surface area contributed by atoms with Gasteiger partial charge in [-0.05, 0) is 42.7 Å². The number of ether oxygens (including phenoxy) is 1. The number of hydrogen-bond donors (Lipinski definition) is 2. The zero-order chi connectivity index (χ0) is 23.2. The van der Waals surface area contributed by atoms with Gasteiger partial charge in [-0.2, -0.15) is 0 Å². The van der Waals surface area contributed by atoms with Gasteiger partial charge in [0, 0.05) is 49.2 Å². The first kappa shape index (κ1) is 23.0. The number of carbonyl (C=O) groups is 1. The van der Waals surface area contributed by atoms with Crippen molar-refractivity contribution < 1.29 is 9.53 Å². The van der Waals surface area contributed by atoms with Crippen molar-refractivity contribution in [2.45, 2.75) is 26.9 Å². The summed E-state index contributed by atoms with van der Waals surface area (Å²) in [5, 5.41) is 4.02. The first-order valence-corrected chi connectivity index (χ1v) is 11.5. The predicted molar refractivity (Wildman–Crippen MR) is 130 cm³/mol. The molecule has 3 aromatic rings. The minimum absolute atomic E-state index is 0.153. The third-order valence-corrected chi connectivity index (χ3v) is 6.11. The maximum atomic E-state index is 13.1. The van der Waals surface area contributed by atoms with E-state index < -0.39 is 0 Å². The maximum absolute atomic E-state index is 13.1. The molecule has 2 aromatic carbocycles. The van der Waals surface area contributed by atoms with Gasteiger partial charge in [-0.1, -0.05) is 36.4 Å². The van der Waals surface area contributed by atoms with E-state index in [1.807, 2.05) is 56.3 Å². The molecule has 7 nitrogen and oxygen atoms in total. The Morgan fingerprint density at radius 1 is 1.12 bits per heavy atom. The zero-order valence-electron chi connectivity index (χ0n) is 19.4. The summed E-state index contributed by atoms with van der Waals surface area (Å²) in [6.07, 6.45) is 0. The molecule has 0 aliphatic carbocycles. The van der Waals surface area contributed by atoms with Crippen molar-refractivity contribution >= 4 is 16.9 Å². The minimum atomic E-state index is -0.174. The Kier molecular flexibility index (Phi) is 7.42. The number of nitrogens with zero attached hydrogens (tertiary/aromatic N) is 2. The molecule has 0 spiro atoms. The van der Waals surface area contributed by atoms with Gasteiger partial charge in [-0.15, -0.1) is 0 Å². The van der Waals surface area contributed by atoms with Crippen molar-refractivity contribution in [2.24, 2.45) is 0 Å². The lowest BCUT2D eigenvalue weighted by Gasteiger charge is -2.30. The van der Waals surface area contributed by atoms with Crippen molar-refractivity contribution in [1.82, 2.24) is 20.1 Å². The number of aryl methyl sites for hydroxylation is 2. The van der Waals surface area contributed by atoms with E-state index in [1.165, 1.54) is 0 Å². The van der Waals surface area contributed by atoms with Gasteiger partial charge in [0.1, 0.15) is 0 Å². The number of nitrogens with one attached hydrogen (secondary N) is 2. The molecule has 1 fully saturated rings. The molecule has 1 aliphatic rings. The maximum Gasteiger partial charge on any atom is 0.318 e. The number of hydrogen-bond acceptors (Lipinski definition) is 4. The highest BCUT2D eigenvalue weighted by molar-refractivity contribution is 5.83. The molecule has 4 rings (SSSR count). The van der Waals surface area contributed by atoms with E-state index in [-0.39, 0.29) is 18.1 Å². The van der Waals surface area contributed by atoms with Gasteiger partial charge >= 0.3 is 6.03 Å². The van der Waals surface area contributed by atoms with Crippen molar-refractivity contribution in [2.75, 3.05) is 39.4 Å². The number of amides is 2. The Balaban J connectivity index is 1.53. The van der Waals surface area contributed by atoms with E-state index in [0.29, 0.717) is 31.9 Å². The van der Waals surface area contributed by atoms with Gasteiger partial charge in [0.05, 0.1) is 19.8 Å². The second-order valence-corrected chi connectivity index (χ2v) is 8.69. The standard InChI is InChI=1S/C26H32N4O3/c1-19-14-20(2)23-16-22(25(31)28-24(23)15-19)18-30(9-8-29-10-12-33-13-11-29)26(32)27-17-21-6-4-3-5-7-21/h3-7,14-16H,8-13,17-18H2,1-2H3,(H,27,32)(H,28,31). The fourth-order valence-electron chi connectivity index (χ4n) is 4.26. The van der Waals surface area contributed by atoms with E-state index in [4.69, 9.17) is 4.74 Å². The van der Waals surface area contributed by atoms with Crippen LogP contribution in [-0.4, -0.2) is 60.2 Å². The van der Waals surface area contributed by atoms with Gasteiger partial charge < -0.3 is 19.9 Å². The Bertz CT molecular complexity index is 1150. The van der Waals surface area contributed by atoms with Crippen LogP contribution in [0.1, 0.15) is 22.3 Å². The normalized spacial score (nSPS) is 14.4. The largest absolute Gasteiger partial charge is 0.379 e. The lowest BCUT2D eigenvalue weighted by Crippen LogP contribution is -2.46. The number of rotatable bonds is 7. The molecular weight excluding hydrogens is 416 g/mol. The Labute approximate surface area is 194 Å². The second-order valence-electron chi connectivity index (χ2n) is 8.69. The monoisotopic (exact) mass is 448 g/mol. The van der Waals surface area contributed by atoms with Crippen LogP contribution in [0.5, 0.6) is 0 Å². The number of fused-ring (bicyclic) bond motifs is 1. The summed E-state index contributed by atoms with van der Waals surface area (Å²) in [5.74, 6) is 0. The number of pyridine rings is 1. The molecule has 0 saturated carbocycles. The first-order valence-electron chi connectivity index (χ1n) is 11.5. The Hall–Kier alpha value is -3.16. The van der Waals surface area contributed by atoms with E-state index in [1.54, 1.807) is 4.90 Å². The second kappa shape index (κ2) is 10.6. The number of urea groups is 1. The quantitative estimate of drug-likeness (QED) is 0.582. The molecule has 1 saturated heterocycles. The third-order valence-electron chi connectivity index (χ3n) is 6.11. The van der Waals surface area contributed by atoms with E-state index in [0.717, 1.165) is 47.2 Å². The number of aromatic amines is 1. The van der Waals surface area contributed by atoms with Crippen LogP contribution in [0.2, 0.25) is 0 Å². The molecule has 0 radical (unpaired) electrons. The van der Waals surface area contributed by atoms with E-state index >= 15 is 0 Å². The van der Waals surface area contributed by atoms with Crippen LogP contribution in [0.25, 0.3) is 10.9 Å². The van der Waals surface area contributed by atoms with Crippen LogP contribution >= 0.6 is 0 Å². The Morgan fingerprint density at radius 2 is 1.88 bits per heavy atom. The number of carbonyl (C=O) groups excluding carboxylic acids is 1. The highest BCUT2D eigenvalue weighted by Crippen LogP contribution is 2.19. The van der Waals surface area contributed by atoms with E-state index in [9.17, 15) is 9.59 Å². The lowest BCUT2D eigenvalue weighted by molar-refractivity contribution is 0.0346. The van der Waals surface area contributed by atoms with Crippen LogP contribution in [-0.2, 0) is 17.8 Å². The average molecular weight is 449 g/mol. The summed E-state index contributed by atoms with van der Waals surface area (Å²) in [6.45, 7) is 9.17. The average Bonchev–Trinajstić information content (AvgIpc) is 2.82. The number of benzene rings is 2. The molecule has 1 aromatic heterocycles. The smallest absolute Gasteiger partial charge is 0.318 e. The number of morpholine rings is 1. The predicted octanol–water partition coefficient (Wildman–Crippen LogP) is 3.19. The molecule has 7 heteroatoms. The highest BCUT2D eigenvalue weighted by atomic mass is 16.5. The molecule has 1 aliphatic heterocycles. The minimum Gasteiger partial charge on any atom is -0.379 e. The van der Waals surface area contributed by atoms with Gasteiger partial charge in [0.25, 0.3) is 5.56 Å². The fourth-order valence-corrected chi connectivity index (χ4v) is 4.26. The van der Waals surface area contributed by atoms with Crippen LogP contribution in [0.15, 0.2) is 53.3 Å². The first-order chi connectivity index (χ1) is 16.0. The topological polar surface area (TPSA) is 77.7 Å². The highest BCUT2D eigenvalue weighted by Gasteiger charge is 2.19. The third kappa shape index (κ3) is 6.00. The Morgan fingerprint density at radius 3 is 2.64 bits per heavy atom. The van der Waals surface area contributed by atoms with E-state index in [2.05, 4.69) is 21.3 Å². The summed E-state index contributed by atoms with van der Waals surface area (Å²) in [5.41, 5.74) is 4.51. The van der Waals surface area contributed by atoms with Crippen molar-refractivity contribution in [3.05, 3.63) is 81.1 Å². The van der Waals surface area contributed by atoms with Crippen molar-refractivity contribution in [3.8, 4) is 0 Å². The summed E-state index contributed by atoms with van der Waals surface area (Å²) in [7, 11) is 0. The fraction of sp³-hybridized carbons (Fsp3) is 0.385. The van der Waals surface area contributed by atoms with Gasteiger partial charge in [-0.25, -0.2) is 4.79 Å². The van der Waals surface area contributed by atoms with Crippen LogP contribution < -0.4 is 10.9 Å². The zero-order valence-corrected chi connectivity index (χ0v) is 19.4. The molecule has 0 bridgehead atoms. The summed E-state index contributed by atoms with van der Waals surface area (Å²) in [6, 6.07) is 15.7. The molecule has 2 heterocycles. The lowest BCUT2D eigenvalue weighted by atomic mass is 10.0. The molecule has 33 heavy (non-hydrogen) atoms. The van der Waals surface area contributed by atoms with Gasteiger partial charge in [-0.3, -0.25) is 9.69 Å². The molecule has 2 amide bonds. The molecule has 0 unspecified atom stereocenters. The van der Waals surface area contributed by atoms with Crippen molar-refractivity contribution in [1.29, 1.82) is 0 Å². The molecule has 174 valence electrons. The number of aromatic nitrogens is 1.